The van der Waals surface area contributed by atoms with Gasteiger partial charge in [-0.15, -0.1) is 0 Å². The van der Waals surface area contributed by atoms with Gasteiger partial charge in [-0.2, -0.15) is 12.6 Å². The molecule has 1 aliphatic rings. The molecule has 0 radical (unpaired) electrons. The van der Waals surface area contributed by atoms with Crippen molar-refractivity contribution in [1.29, 1.82) is 0 Å². The molecule has 3 heteroatoms. The standard InChI is InChI=1S/C18H26N2S/c21-14-8-4-2-1-3-7-13-19-17-12-11-16-9-5-6-10-18(16)20-15-17/h5-6,9-10,12,15,19,21H,1-4,7-8,11,13-14H2. The Labute approximate surface area is 134 Å². The summed E-state index contributed by atoms with van der Waals surface area (Å²) in [6.45, 7) is 1.04. The Kier molecular flexibility index (Phi) is 7.44. The summed E-state index contributed by atoms with van der Waals surface area (Å²) in [5, 5.41) is 3.50. The molecule has 0 amide bonds. The molecule has 0 spiro atoms. The highest BCUT2D eigenvalue weighted by atomic mass is 32.1. The van der Waals surface area contributed by atoms with Gasteiger partial charge < -0.3 is 5.32 Å². The first kappa shape index (κ1) is 16.2. The van der Waals surface area contributed by atoms with Gasteiger partial charge >= 0.3 is 0 Å². The van der Waals surface area contributed by atoms with Crippen LogP contribution in [0.15, 0.2) is 41.0 Å². The number of para-hydroxylation sites is 1. The van der Waals surface area contributed by atoms with Crippen molar-refractivity contribution in [3.63, 3.8) is 0 Å². The lowest BCUT2D eigenvalue weighted by Crippen LogP contribution is -2.15. The van der Waals surface area contributed by atoms with E-state index in [1.54, 1.807) is 0 Å². The van der Waals surface area contributed by atoms with Crippen LogP contribution in [0.1, 0.15) is 44.1 Å². The maximum absolute atomic E-state index is 4.55. The highest BCUT2D eigenvalue weighted by Gasteiger charge is 2.03. The van der Waals surface area contributed by atoms with Crippen LogP contribution < -0.4 is 5.32 Å². The number of unbranched alkanes of at least 4 members (excludes halogenated alkanes) is 5. The molecule has 0 saturated heterocycles. The Morgan fingerprint density at radius 2 is 1.76 bits per heavy atom. The van der Waals surface area contributed by atoms with Gasteiger partial charge in [-0.05, 0) is 36.6 Å². The summed E-state index contributed by atoms with van der Waals surface area (Å²) >= 11 is 4.24. The third-order valence-corrected chi connectivity index (χ3v) is 4.11. The Morgan fingerprint density at radius 3 is 2.62 bits per heavy atom. The van der Waals surface area contributed by atoms with Gasteiger partial charge in [0.2, 0.25) is 0 Å². The molecule has 21 heavy (non-hydrogen) atoms. The largest absolute Gasteiger partial charge is 0.384 e. The molecule has 0 saturated carbocycles. The van der Waals surface area contributed by atoms with Crippen molar-refractivity contribution >= 4 is 24.5 Å². The molecule has 2 nitrogen and oxygen atoms in total. The lowest BCUT2D eigenvalue weighted by molar-refractivity contribution is 0.597. The van der Waals surface area contributed by atoms with E-state index in [0.29, 0.717) is 0 Å². The summed E-state index contributed by atoms with van der Waals surface area (Å²) in [6, 6.07) is 8.35. The molecule has 114 valence electrons. The van der Waals surface area contributed by atoms with Crippen LogP contribution in [-0.2, 0) is 6.42 Å². The first-order chi connectivity index (χ1) is 10.4. The van der Waals surface area contributed by atoms with Crippen LogP contribution in [0.25, 0.3) is 0 Å². The van der Waals surface area contributed by atoms with E-state index in [0.717, 1.165) is 30.1 Å². The van der Waals surface area contributed by atoms with Crippen LogP contribution in [0.4, 0.5) is 5.69 Å². The fraction of sp³-hybridized carbons (Fsp3) is 0.500. The second-order valence-electron chi connectivity index (χ2n) is 5.52. The maximum Gasteiger partial charge on any atom is 0.0665 e. The van der Waals surface area contributed by atoms with Crippen LogP contribution in [0.3, 0.4) is 0 Å². The number of aliphatic imine (C=N–C) groups is 1. The topological polar surface area (TPSA) is 24.4 Å². The van der Waals surface area contributed by atoms with Crippen molar-refractivity contribution in [2.24, 2.45) is 4.99 Å². The van der Waals surface area contributed by atoms with Gasteiger partial charge in [-0.25, -0.2) is 0 Å². The fourth-order valence-corrected chi connectivity index (χ4v) is 2.74. The highest BCUT2D eigenvalue weighted by molar-refractivity contribution is 7.80. The van der Waals surface area contributed by atoms with Crippen molar-refractivity contribution in [3.05, 3.63) is 41.6 Å². The van der Waals surface area contributed by atoms with Crippen LogP contribution in [0.5, 0.6) is 0 Å². The predicted molar refractivity (Wildman–Crippen MR) is 95.9 cm³/mol. The highest BCUT2D eigenvalue weighted by Crippen LogP contribution is 2.21. The van der Waals surface area contributed by atoms with Crippen molar-refractivity contribution in [3.8, 4) is 0 Å². The molecule has 1 aliphatic heterocycles. The normalized spacial score (nSPS) is 13.5. The summed E-state index contributed by atoms with van der Waals surface area (Å²) in [4.78, 5) is 4.55. The Balaban J connectivity index is 1.63. The summed E-state index contributed by atoms with van der Waals surface area (Å²) in [6.07, 6.45) is 13.0. The van der Waals surface area contributed by atoms with Gasteiger partial charge in [0, 0.05) is 12.2 Å². The molecule has 1 aromatic carbocycles. The number of hydrogen-bond acceptors (Lipinski definition) is 3. The second kappa shape index (κ2) is 9.67. The molecule has 2 rings (SSSR count). The zero-order chi connectivity index (χ0) is 14.8. The summed E-state index contributed by atoms with van der Waals surface area (Å²) in [5.74, 6) is 1.03. The first-order valence-corrected chi connectivity index (χ1v) is 8.70. The molecule has 0 fully saturated rings. The van der Waals surface area contributed by atoms with Crippen molar-refractivity contribution in [1.82, 2.24) is 5.32 Å². The van der Waals surface area contributed by atoms with Gasteiger partial charge in [0.05, 0.1) is 11.9 Å². The zero-order valence-electron chi connectivity index (χ0n) is 12.7. The second-order valence-corrected chi connectivity index (χ2v) is 5.97. The number of fused-ring (bicyclic) bond motifs is 1. The number of benzene rings is 1. The smallest absolute Gasteiger partial charge is 0.0665 e. The zero-order valence-corrected chi connectivity index (χ0v) is 13.6. The lowest BCUT2D eigenvalue weighted by Gasteiger charge is -2.06. The number of nitrogens with one attached hydrogen (secondary N) is 1. The molecule has 0 aliphatic carbocycles. The van der Waals surface area contributed by atoms with E-state index in [-0.39, 0.29) is 0 Å². The third-order valence-electron chi connectivity index (χ3n) is 3.79. The molecular formula is C18H26N2S. The molecule has 0 aromatic heterocycles. The van der Waals surface area contributed by atoms with Gasteiger partial charge in [0.1, 0.15) is 0 Å². The van der Waals surface area contributed by atoms with Gasteiger partial charge in [-0.1, -0.05) is 50.0 Å². The molecule has 0 bridgehead atoms. The molecule has 1 aromatic rings. The molecule has 1 heterocycles. The van der Waals surface area contributed by atoms with E-state index in [1.807, 2.05) is 12.3 Å². The number of rotatable bonds is 9. The quantitative estimate of drug-likeness (QED) is 0.502. The average Bonchev–Trinajstić information content (AvgIpc) is 2.73. The summed E-state index contributed by atoms with van der Waals surface area (Å²) in [5.41, 5.74) is 3.55. The van der Waals surface area contributed by atoms with E-state index in [9.17, 15) is 0 Å². The summed E-state index contributed by atoms with van der Waals surface area (Å²) < 4.78 is 0. The minimum atomic E-state index is 0.961. The minimum absolute atomic E-state index is 0.961. The van der Waals surface area contributed by atoms with Gasteiger partial charge in [-0.3, -0.25) is 4.99 Å². The van der Waals surface area contributed by atoms with Crippen LogP contribution >= 0.6 is 12.6 Å². The molecule has 0 atom stereocenters. The number of hydrogen-bond donors (Lipinski definition) is 2. The molecule has 0 unspecified atom stereocenters. The SMILES string of the molecule is SCCCCCCCCNC1=CCc2ccccc2N=C1. The third kappa shape index (κ3) is 5.96. The van der Waals surface area contributed by atoms with E-state index in [1.165, 1.54) is 44.1 Å². The molecule has 1 N–H and O–H groups in total. The fourth-order valence-electron chi connectivity index (χ4n) is 2.52. The monoisotopic (exact) mass is 302 g/mol. The van der Waals surface area contributed by atoms with Gasteiger partial charge in [0.25, 0.3) is 0 Å². The maximum atomic E-state index is 4.55. The van der Waals surface area contributed by atoms with Crippen LogP contribution in [0.2, 0.25) is 0 Å². The number of nitrogens with zero attached hydrogens (tertiary/aromatic N) is 1. The minimum Gasteiger partial charge on any atom is -0.384 e. The Hall–Kier alpha value is -1.22. The van der Waals surface area contributed by atoms with E-state index >= 15 is 0 Å². The Morgan fingerprint density at radius 1 is 1.00 bits per heavy atom. The predicted octanol–water partition coefficient (Wildman–Crippen LogP) is 4.69. The van der Waals surface area contributed by atoms with Crippen LogP contribution in [-0.4, -0.2) is 18.5 Å². The number of allylic oxidation sites excluding steroid dienone is 2. The first-order valence-electron chi connectivity index (χ1n) is 8.07. The van der Waals surface area contributed by atoms with Gasteiger partial charge in [0.15, 0.2) is 0 Å². The van der Waals surface area contributed by atoms with E-state index in [4.69, 9.17) is 0 Å². The Bertz CT molecular complexity index is 480. The lowest BCUT2D eigenvalue weighted by atomic mass is 10.1. The van der Waals surface area contributed by atoms with Crippen molar-refractivity contribution < 1.29 is 0 Å². The van der Waals surface area contributed by atoms with E-state index < -0.39 is 0 Å². The van der Waals surface area contributed by atoms with E-state index in [2.05, 4.69) is 47.2 Å². The molecular weight excluding hydrogens is 276 g/mol. The van der Waals surface area contributed by atoms with Crippen LogP contribution in [0, 0.1) is 0 Å². The van der Waals surface area contributed by atoms with Crippen molar-refractivity contribution in [2.45, 2.75) is 44.9 Å². The number of thiol groups is 1. The summed E-state index contributed by atoms with van der Waals surface area (Å²) in [7, 11) is 0. The van der Waals surface area contributed by atoms with Crippen molar-refractivity contribution in [2.75, 3.05) is 12.3 Å². The average molecular weight is 302 g/mol.